The number of hydrogen-bond acceptors (Lipinski definition) is 6. The molecule has 29 heavy (non-hydrogen) atoms. The lowest BCUT2D eigenvalue weighted by atomic mass is 10.1. The summed E-state index contributed by atoms with van der Waals surface area (Å²) >= 11 is 1.27. The Labute approximate surface area is 174 Å². The molecule has 0 radical (unpaired) electrons. The van der Waals surface area contributed by atoms with Gasteiger partial charge in [0, 0.05) is 12.6 Å². The van der Waals surface area contributed by atoms with Crippen LogP contribution in [0.3, 0.4) is 0 Å². The van der Waals surface area contributed by atoms with Crippen molar-refractivity contribution in [1.82, 2.24) is 19.5 Å². The number of carbonyl (C=O) groups is 1. The molecule has 0 saturated heterocycles. The molecule has 0 unspecified atom stereocenters. The molecule has 1 N–H and O–H groups in total. The topological polar surface area (TPSA) is 94.0 Å². The number of hydrogen-bond donors (Lipinski definition) is 1. The number of nitrogens with one attached hydrogen (secondary N) is 1. The van der Waals surface area contributed by atoms with Crippen LogP contribution in [0, 0.1) is 13.8 Å². The summed E-state index contributed by atoms with van der Waals surface area (Å²) < 4.78 is 29.0. The van der Waals surface area contributed by atoms with Gasteiger partial charge < -0.3 is 4.57 Å². The van der Waals surface area contributed by atoms with Crippen LogP contribution >= 0.6 is 11.8 Å². The van der Waals surface area contributed by atoms with Crippen molar-refractivity contribution in [1.29, 1.82) is 0 Å². The lowest BCUT2D eigenvalue weighted by molar-refractivity contribution is 0.102. The molecule has 0 saturated carbocycles. The Kier molecular flexibility index (Phi) is 6.51. The lowest BCUT2D eigenvalue weighted by Gasteiger charge is -2.07. The first-order chi connectivity index (χ1) is 13.8. The summed E-state index contributed by atoms with van der Waals surface area (Å²) in [5.74, 6) is 0.690. The number of benzene rings is 2. The minimum absolute atomic E-state index is 0.000348. The fraction of sp³-hybridized carbons (Fsp3) is 0.250. The second-order valence-corrected chi connectivity index (χ2v) is 9.38. The van der Waals surface area contributed by atoms with Crippen molar-refractivity contribution in [3.63, 3.8) is 0 Å². The van der Waals surface area contributed by atoms with E-state index in [1.807, 2.05) is 26.0 Å². The Balaban J connectivity index is 1.61. The van der Waals surface area contributed by atoms with Crippen LogP contribution in [-0.4, -0.2) is 34.7 Å². The smallest absolute Gasteiger partial charge is 0.240 e. The van der Waals surface area contributed by atoms with Gasteiger partial charge in [-0.3, -0.25) is 4.79 Å². The molecule has 2 aromatic carbocycles. The van der Waals surface area contributed by atoms with Gasteiger partial charge in [0.2, 0.25) is 10.0 Å². The van der Waals surface area contributed by atoms with E-state index in [0.29, 0.717) is 16.5 Å². The van der Waals surface area contributed by atoms with Crippen LogP contribution in [0.2, 0.25) is 0 Å². The Morgan fingerprint density at radius 3 is 2.21 bits per heavy atom. The summed E-state index contributed by atoms with van der Waals surface area (Å²) in [7, 11) is -1.90. The first kappa shape index (κ1) is 21.2. The first-order valence-corrected chi connectivity index (χ1v) is 11.4. The number of rotatable bonds is 8. The predicted molar refractivity (Wildman–Crippen MR) is 112 cm³/mol. The molecule has 1 heterocycles. The van der Waals surface area contributed by atoms with Crippen molar-refractivity contribution in [2.75, 3.05) is 5.75 Å². The minimum atomic E-state index is -3.64. The average molecular weight is 431 g/mol. The molecule has 0 bridgehead atoms. The zero-order chi connectivity index (χ0) is 21.0. The molecule has 152 valence electrons. The van der Waals surface area contributed by atoms with Crippen LogP contribution in [0.25, 0.3) is 0 Å². The van der Waals surface area contributed by atoms with E-state index in [4.69, 9.17) is 0 Å². The van der Waals surface area contributed by atoms with Crippen LogP contribution in [0.4, 0.5) is 0 Å². The summed E-state index contributed by atoms with van der Waals surface area (Å²) in [6, 6.07) is 14.0. The number of thioether (sulfide) groups is 1. The van der Waals surface area contributed by atoms with Gasteiger partial charge in [0.1, 0.15) is 5.82 Å². The Morgan fingerprint density at radius 1 is 1.00 bits per heavy atom. The Morgan fingerprint density at radius 2 is 1.59 bits per heavy atom. The molecule has 7 nitrogen and oxygen atoms in total. The molecule has 0 atom stereocenters. The number of Topliss-reactive ketones (excluding diaryl/α,β-unsaturated/α-hetero) is 1. The van der Waals surface area contributed by atoms with Gasteiger partial charge in [0.25, 0.3) is 0 Å². The quantitative estimate of drug-likeness (QED) is 0.436. The molecular formula is C20H22N4O3S2. The third kappa shape index (κ3) is 5.31. The largest absolute Gasteiger partial charge is 0.308 e. The maximum absolute atomic E-state index is 12.4. The summed E-state index contributed by atoms with van der Waals surface area (Å²) in [6.07, 6.45) is 0. The van der Waals surface area contributed by atoms with Crippen LogP contribution < -0.4 is 4.72 Å². The van der Waals surface area contributed by atoms with E-state index in [2.05, 4.69) is 14.9 Å². The van der Waals surface area contributed by atoms with Crippen molar-refractivity contribution in [3.8, 4) is 0 Å². The van der Waals surface area contributed by atoms with Gasteiger partial charge in [-0.1, -0.05) is 59.3 Å². The van der Waals surface area contributed by atoms with E-state index in [1.165, 1.54) is 11.8 Å². The van der Waals surface area contributed by atoms with Crippen LogP contribution in [0.1, 0.15) is 27.3 Å². The summed E-state index contributed by atoms with van der Waals surface area (Å²) in [6.45, 7) is 3.87. The second kappa shape index (κ2) is 8.89. The predicted octanol–water partition coefficient (Wildman–Crippen LogP) is 2.89. The van der Waals surface area contributed by atoms with Gasteiger partial charge in [0.15, 0.2) is 10.9 Å². The maximum Gasteiger partial charge on any atom is 0.240 e. The summed E-state index contributed by atoms with van der Waals surface area (Å²) in [5.41, 5.74) is 2.73. The summed E-state index contributed by atoms with van der Waals surface area (Å²) in [4.78, 5) is 12.5. The average Bonchev–Trinajstić information content (AvgIpc) is 3.05. The van der Waals surface area contributed by atoms with Gasteiger partial charge in [-0.05, 0) is 26.0 Å². The SMILES string of the molecule is Cc1ccc(C(=O)CSc2nnc(CNS(=O)(=O)c3ccc(C)cc3)n2C)cc1. The number of sulfonamides is 1. The van der Waals surface area contributed by atoms with Crippen LogP contribution in [0.15, 0.2) is 58.6 Å². The molecule has 0 fully saturated rings. The van der Waals surface area contributed by atoms with E-state index in [1.54, 1.807) is 48.0 Å². The van der Waals surface area contributed by atoms with E-state index in [9.17, 15) is 13.2 Å². The molecule has 0 spiro atoms. The van der Waals surface area contributed by atoms with Crippen molar-refractivity contribution in [3.05, 3.63) is 71.0 Å². The van der Waals surface area contributed by atoms with Gasteiger partial charge in [-0.15, -0.1) is 10.2 Å². The second-order valence-electron chi connectivity index (χ2n) is 6.67. The Hall–Kier alpha value is -2.49. The van der Waals surface area contributed by atoms with E-state index >= 15 is 0 Å². The molecule has 3 rings (SSSR count). The van der Waals surface area contributed by atoms with Crippen molar-refractivity contribution < 1.29 is 13.2 Å². The zero-order valence-corrected chi connectivity index (χ0v) is 18.0. The van der Waals surface area contributed by atoms with Gasteiger partial charge in [0.05, 0.1) is 17.2 Å². The lowest BCUT2D eigenvalue weighted by Crippen LogP contribution is -2.24. The fourth-order valence-electron chi connectivity index (χ4n) is 2.54. The number of ketones is 1. The summed E-state index contributed by atoms with van der Waals surface area (Å²) in [5, 5.41) is 8.66. The fourth-order valence-corrected chi connectivity index (χ4v) is 4.34. The Bertz CT molecular complexity index is 1110. The molecule has 9 heteroatoms. The monoisotopic (exact) mass is 430 g/mol. The highest BCUT2D eigenvalue weighted by molar-refractivity contribution is 7.99. The number of carbonyl (C=O) groups excluding carboxylic acids is 1. The molecule has 0 aliphatic heterocycles. The maximum atomic E-state index is 12.4. The molecule has 3 aromatic rings. The van der Waals surface area contributed by atoms with Crippen LogP contribution in [0.5, 0.6) is 0 Å². The van der Waals surface area contributed by atoms with Gasteiger partial charge >= 0.3 is 0 Å². The first-order valence-electron chi connectivity index (χ1n) is 8.93. The number of aryl methyl sites for hydroxylation is 2. The minimum Gasteiger partial charge on any atom is -0.308 e. The molecule has 0 amide bonds. The van der Waals surface area contributed by atoms with Crippen LogP contribution in [-0.2, 0) is 23.6 Å². The molecular weight excluding hydrogens is 408 g/mol. The molecule has 1 aromatic heterocycles. The van der Waals surface area contributed by atoms with Gasteiger partial charge in [-0.2, -0.15) is 0 Å². The van der Waals surface area contributed by atoms with Gasteiger partial charge in [-0.25, -0.2) is 13.1 Å². The van der Waals surface area contributed by atoms with E-state index in [-0.39, 0.29) is 23.0 Å². The third-order valence-electron chi connectivity index (χ3n) is 4.38. The third-order valence-corrected chi connectivity index (χ3v) is 6.82. The van der Waals surface area contributed by atoms with Crippen molar-refractivity contribution in [2.45, 2.75) is 30.4 Å². The van der Waals surface area contributed by atoms with Crippen molar-refractivity contribution >= 4 is 27.6 Å². The van der Waals surface area contributed by atoms with E-state index < -0.39 is 10.0 Å². The standard InChI is InChI=1S/C20H22N4O3S2/c1-14-4-8-16(9-5-14)18(25)13-28-20-23-22-19(24(20)3)12-21-29(26,27)17-10-6-15(2)7-11-17/h4-11,21H,12-13H2,1-3H3. The van der Waals surface area contributed by atoms with E-state index in [0.717, 1.165) is 11.1 Å². The molecule has 0 aliphatic rings. The number of nitrogens with zero attached hydrogens (tertiary/aromatic N) is 3. The molecule has 0 aliphatic carbocycles. The normalized spacial score (nSPS) is 11.6. The highest BCUT2D eigenvalue weighted by Crippen LogP contribution is 2.18. The highest BCUT2D eigenvalue weighted by Gasteiger charge is 2.17. The highest BCUT2D eigenvalue weighted by atomic mass is 32.2. The van der Waals surface area contributed by atoms with Crippen molar-refractivity contribution in [2.24, 2.45) is 7.05 Å². The zero-order valence-electron chi connectivity index (χ0n) is 16.4. The number of aromatic nitrogens is 3.